The standard InChI is InChI=1S/C22H33N9O6S3/c1-22(2)18(21(33)31(22)37-40-34)28-20(32)17(16(11-38)30-39-25)29-36-8-7-35-13-5-3-12(4-6-13)19(24)27-15-10-26-9-14(15)23/h3-6,11,14-15,18,26,29-30,34H,7-10,23,25H2,1-2H3,(H2,24,27)(H,28,32)/b17-16-/t14?,15?,18-/m1/s1. The Morgan fingerprint density at radius 1 is 1.32 bits per heavy atom. The number of amides is 2. The number of carbonyl (C=O) groups is 2. The Morgan fingerprint density at radius 2 is 2.05 bits per heavy atom. The van der Waals surface area contributed by atoms with E-state index in [0.29, 0.717) is 24.7 Å². The van der Waals surface area contributed by atoms with Crippen LogP contribution < -0.4 is 42.2 Å². The highest BCUT2D eigenvalue weighted by Crippen LogP contribution is 2.33. The number of nitrogens with one attached hydrogen (secondary N) is 4. The van der Waals surface area contributed by atoms with Crippen molar-refractivity contribution in [3.05, 3.63) is 41.2 Å². The van der Waals surface area contributed by atoms with Crippen LogP contribution in [0.2, 0.25) is 0 Å². The van der Waals surface area contributed by atoms with Crippen molar-refractivity contribution in [3.8, 4) is 5.75 Å². The predicted octanol–water partition coefficient (Wildman–Crippen LogP) is -0.928. The van der Waals surface area contributed by atoms with Gasteiger partial charge in [-0.2, -0.15) is 9.35 Å². The third kappa shape index (κ3) is 7.74. The lowest BCUT2D eigenvalue weighted by molar-refractivity contribution is -0.214. The number of ether oxygens (including phenoxy) is 1. The molecule has 0 aromatic heterocycles. The van der Waals surface area contributed by atoms with E-state index in [0.717, 1.165) is 22.8 Å². The summed E-state index contributed by atoms with van der Waals surface area (Å²) in [6, 6.07) is 6.04. The summed E-state index contributed by atoms with van der Waals surface area (Å²) in [5.74, 6) is -0.256. The van der Waals surface area contributed by atoms with E-state index >= 15 is 0 Å². The van der Waals surface area contributed by atoms with Crippen LogP contribution in [0.25, 0.3) is 0 Å². The number of benzene rings is 1. The van der Waals surface area contributed by atoms with Gasteiger partial charge in [-0.15, -0.1) is 0 Å². The van der Waals surface area contributed by atoms with Crippen LogP contribution >= 0.6 is 36.7 Å². The van der Waals surface area contributed by atoms with Gasteiger partial charge < -0.3 is 36.1 Å². The van der Waals surface area contributed by atoms with Gasteiger partial charge >= 0.3 is 0 Å². The molecule has 2 aliphatic heterocycles. The van der Waals surface area contributed by atoms with Crippen molar-refractivity contribution >= 4 is 59.7 Å². The lowest BCUT2D eigenvalue weighted by atomic mass is 9.84. The molecule has 3 rings (SSSR count). The summed E-state index contributed by atoms with van der Waals surface area (Å²) in [6.45, 7) is 4.89. The van der Waals surface area contributed by atoms with Crippen LogP contribution in [-0.2, 0) is 18.7 Å². The van der Waals surface area contributed by atoms with Gasteiger partial charge in [-0.3, -0.25) is 30.0 Å². The molecule has 3 atom stereocenters. The molecular weight excluding hydrogens is 583 g/mol. The number of allylic oxidation sites excluding steroid dienone is 1. The van der Waals surface area contributed by atoms with Crippen molar-refractivity contribution in [2.24, 2.45) is 21.6 Å². The number of thiocarbonyl (C=S) groups is 1. The summed E-state index contributed by atoms with van der Waals surface area (Å²) in [5.41, 5.74) is 14.5. The monoisotopic (exact) mass is 615 g/mol. The van der Waals surface area contributed by atoms with Crippen LogP contribution in [0, 0.1) is 0 Å². The molecule has 2 aliphatic rings. The molecule has 2 fully saturated rings. The molecule has 18 heteroatoms. The molecule has 11 N–H and O–H groups in total. The third-order valence-corrected chi connectivity index (χ3v) is 6.94. The van der Waals surface area contributed by atoms with Crippen molar-refractivity contribution in [1.29, 1.82) is 0 Å². The zero-order valence-electron chi connectivity index (χ0n) is 21.8. The van der Waals surface area contributed by atoms with Crippen LogP contribution in [0.3, 0.4) is 0 Å². The number of rotatable bonds is 15. The van der Waals surface area contributed by atoms with Crippen molar-refractivity contribution in [2.75, 3.05) is 26.3 Å². The average molecular weight is 616 g/mol. The molecule has 1 aromatic rings. The molecule has 2 heterocycles. The summed E-state index contributed by atoms with van der Waals surface area (Å²) in [6.07, 6.45) is 0. The Morgan fingerprint density at radius 3 is 2.62 bits per heavy atom. The maximum Gasteiger partial charge on any atom is 0.272 e. The first-order valence-corrected chi connectivity index (χ1v) is 14.0. The zero-order chi connectivity index (χ0) is 29.3. The number of hydrogen-bond donors (Lipinski definition) is 8. The predicted molar refractivity (Wildman–Crippen MR) is 156 cm³/mol. The van der Waals surface area contributed by atoms with Gasteiger partial charge in [-0.1, -0.05) is 12.2 Å². The molecular formula is C22H33N9O6S3. The Balaban J connectivity index is 1.52. The van der Waals surface area contributed by atoms with Gasteiger partial charge in [0.2, 0.25) is 0 Å². The van der Waals surface area contributed by atoms with Crippen molar-refractivity contribution in [2.45, 2.75) is 37.5 Å². The van der Waals surface area contributed by atoms with Crippen molar-refractivity contribution < 1.29 is 28.0 Å². The minimum atomic E-state index is -0.933. The van der Waals surface area contributed by atoms with Crippen LogP contribution in [0.4, 0.5) is 0 Å². The van der Waals surface area contributed by atoms with E-state index in [1.807, 2.05) is 0 Å². The molecule has 2 amide bonds. The molecule has 1 aromatic carbocycles. The number of nitrogens with zero attached hydrogens (tertiary/aromatic N) is 2. The molecule has 40 heavy (non-hydrogen) atoms. The summed E-state index contributed by atoms with van der Waals surface area (Å²) in [4.78, 5) is 35.3. The Labute approximate surface area is 245 Å². The highest BCUT2D eigenvalue weighted by Gasteiger charge is 2.57. The number of hydroxylamine groups is 3. The fourth-order valence-electron chi connectivity index (χ4n) is 3.91. The molecule has 2 saturated heterocycles. The molecule has 15 nitrogen and oxygen atoms in total. The number of aliphatic imine (C=N–C) groups is 1. The molecule has 220 valence electrons. The second kappa shape index (κ2) is 14.8. The Hall–Kier alpha value is -2.68. The highest BCUT2D eigenvalue weighted by atomic mass is 32.2. The van der Waals surface area contributed by atoms with E-state index in [4.69, 9.17) is 47.2 Å². The lowest BCUT2D eigenvalue weighted by Crippen LogP contribution is -2.76. The van der Waals surface area contributed by atoms with Crippen molar-refractivity contribution in [1.82, 2.24) is 25.9 Å². The molecule has 0 spiro atoms. The summed E-state index contributed by atoms with van der Waals surface area (Å²) in [5, 5.41) is 13.4. The summed E-state index contributed by atoms with van der Waals surface area (Å²) in [7, 11) is 0. The molecule has 2 unspecified atom stereocenters. The Bertz CT molecular complexity index is 1120. The number of hydrogen-bond acceptors (Lipinski definition) is 15. The van der Waals surface area contributed by atoms with Crippen molar-refractivity contribution in [3.63, 3.8) is 0 Å². The van der Waals surface area contributed by atoms with Crippen LogP contribution in [0.15, 0.2) is 40.7 Å². The van der Waals surface area contributed by atoms with E-state index in [1.165, 1.54) is 5.37 Å². The number of amidine groups is 1. The summed E-state index contributed by atoms with van der Waals surface area (Å²) < 4.78 is 22.1. The molecule has 0 bridgehead atoms. The smallest absolute Gasteiger partial charge is 0.272 e. The van der Waals surface area contributed by atoms with Gasteiger partial charge in [0.05, 0.1) is 17.3 Å². The van der Waals surface area contributed by atoms with E-state index in [2.05, 4.69) is 25.8 Å². The van der Waals surface area contributed by atoms with E-state index < -0.39 is 23.4 Å². The number of β-lactam (4-membered cyclic amide) rings is 1. The third-order valence-electron chi connectivity index (χ3n) is 6.15. The first kappa shape index (κ1) is 31.8. The van der Waals surface area contributed by atoms with Gasteiger partial charge in [0.25, 0.3) is 11.8 Å². The fourth-order valence-corrected chi connectivity index (χ4v) is 4.78. The minimum Gasteiger partial charge on any atom is -0.491 e. The first-order valence-electron chi connectivity index (χ1n) is 12.0. The maximum atomic E-state index is 13.0. The second-order valence-electron chi connectivity index (χ2n) is 9.20. The molecule has 0 aliphatic carbocycles. The Kier molecular flexibility index (Phi) is 11.8. The van der Waals surface area contributed by atoms with Gasteiger partial charge in [0, 0.05) is 42.2 Å². The quantitative estimate of drug-likeness (QED) is 0.0137. The largest absolute Gasteiger partial charge is 0.491 e. The molecule has 0 radical (unpaired) electrons. The first-order chi connectivity index (χ1) is 19.1. The summed E-state index contributed by atoms with van der Waals surface area (Å²) >= 11 is 5.74. The van der Waals surface area contributed by atoms with Crippen LogP contribution in [0.1, 0.15) is 19.4 Å². The topological polar surface area (TPSA) is 224 Å². The SMILES string of the molecule is CC1(C)[C@H](NC(=O)/C(NOCCOc2ccc(C(N)=NC3CNCC3N)cc2)=C(\C=S)NSN)C(=O)N1OSO. The average Bonchev–Trinajstić information content (AvgIpc) is 3.35. The van der Waals surface area contributed by atoms with E-state index in [-0.39, 0.29) is 49.0 Å². The van der Waals surface area contributed by atoms with Gasteiger partial charge in [0.1, 0.15) is 30.8 Å². The highest BCUT2D eigenvalue weighted by molar-refractivity contribution is 7.95. The molecule has 0 saturated carbocycles. The van der Waals surface area contributed by atoms with Gasteiger partial charge in [-0.05, 0) is 38.1 Å². The maximum absolute atomic E-state index is 13.0. The van der Waals surface area contributed by atoms with Gasteiger partial charge in [0.15, 0.2) is 18.0 Å². The van der Waals surface area contributed by atoms with E-state index in [1.54, 1.807) is 38.1 Å². The lowest BCUT2D eigenvalue weighted by Gasteiger charge is -2.50. The zero-order valence-corrected chi connectivity index (χ0v) is 24.2. The van der Waals surface area contributed by atoms with E-state index in [9.17, 15) is 9.59 Å². The minimum absolute atomic E-state index is 0.0319. The fraction of sp³-hybridized carbons (Fsp3) is 0.455. The van der Waals surface area contributed by atoms with Gasteiger partial charge in [-0.25, -0.2) is 0 Å². The van der Waals surface area contributed by atoms with Crippen LogP contribution in [-0.4, -0.2) is 82.6 Å². The normalized spacial score (nSPS) is 22.7. The second-order valence-corrected chi connectivity index (χ2v) is 10.2. The number of carbonyl (C=O) groups excluding carboxylic acids is 2. The van der Waals surface area contributed by atoms with Crippen LogP contribution in [0.5, 0.6) is 5.75 Å². The number of nitrogens with two attached hydrogens (primary N) is 3.